The molecule has 1 aliphatic heterocycles. The number of carbonyl (C=O) groups excluding carboxylic acids is 2. The summed E-state index contributed by atoms with van der Waals surface area (Å²) in [5.74, 6) is -0.667. The van der Waals surface area contributed by atoms with Crippen molar-refractivity contribution in [3.05, 3.63) is 34.3 Å². The van der Waals surface area contributed by atoms with Crippen LogP contribution in [-0.4, -0.2) is 47.7 Å². The lowest BCUT2D eigenvalue weighted by molar-refractivity contribution is -0.150. The van der Waals surface area contributed by atoms with Gasteiger partial charge in [-0.25, -0.2) is 4.79 Å². The highest BCUT2D eigenvalue weighted by Crippen LogP contribution is 2.21. The first-order valence-electron chi connectivity index (χ1n) is 6.31. The van der Waals surface area contributed by atoms with Gasteiger partial charge in [0.2, 0.25) is 5.91 Å². The summed E-state index contributed by atoms with van der Waals surface area (Å²) in [5, 5.41) is 9.66. The quantitative estimate of drug-likeness (QED) is 0.837. The summed E-state index contributed by atoms with van der Waals surface area (Å²) in [6.07, 6.45) is -0.248. The van der Waals surface area contributed by atoms with Gasteiger partial charge in [-0.05, 0) is 17.7 Å². The second-order valence-corrected chi connectivity index (χ2v) is 5.70. The van der Waals surface area contributed by atoms with E-state index in [0.717, 1.165) is 10.0 Å². The average Bonchev–Trinajstić information content (AvgIpc) is 2.80. The van der Waals surface area contributed by atoms with Crippen LogP contribution in [0.15, 0.2) is 28.7 Å². The Kier molecular flexibility index (Phi) is 4.77. The van der Waals surface area contributed by atoms with Crippen molar-refractivity contribution < 1.29 is 19.4 Å². The first-order chi connectivity index (χ1) is 9.51. The fraction of sp³-hybridized carbons (Fsp3) is 0.429. The number of rotatable bonds is 3. The predicted molar refractivity (Wildman–Crippen MR) is 76.0 cm³/mol. The number of esters is 1. The lowest BCUT2D eigenvalue weighted by Gasteiger charge is -2.22. The maximum Gasteiger partial charge on any atom is 0.328 e. The summed E-state index contributed by atoms with van der Waals surface area (Å²) in [4.78, 5) is 25.3. The molecule has 2 atom stereocenters. The van der Waals surface area contributed by atoms with E-state index in [1.807, 2.05) is 24.3 Å². The molecule has 1 heterocycles. The van der Waals surface area contributed by atoms with Gasteiger partial charge in [-0.1, -0.05) is 28.1 Å². The van der Waals surface area contributed by atoms with Crippen LogP contribution in [0.2, 0.25) is 0 Å². The Balaban J connectivity index is 2.09. The third-order valence-corrected chi connectivity index (χ3v) is 3.81. The molecule has 1 aromatic rings. The van der Waals surface area contributed by atoms with Gasteiger partial charge >= 0.3 is 5.97 Å². The van der Waals surface area contributed by atoms with Crippen LogP contribution >= 0.6 is 15.9 Å². The van der Waals surface area contributed by atoms with Crippen molar-refractivity contribution in [1.29, 1.82) is 0 Å². The van der Waals surface area contributed by atoms with E-state index in [2.05, 4.69) is 20.7 Å². The Bertz CT molecular complexity index is 520. The van der Waals surface area contributed by atoms with Crippen molar-refractivity contribution in [2.75, 3.05) is 13.7 Å². The first kappa shape index (κ1) is 15.0. The molecule has 1 saturated heterocycles. The maximum atomic E-state index is 12.3. The van der Waals surface area contributed by atoms with E-state index >= 15 is 0 Å². The minimum absolute atomic E-state index is 0.173. The van der Waals surface area contributed by atoms with E-state index in [1.165, 1.54) is 12.0 Å². The SMILES string of the molecule is COC(=O)C1CC(O)CN1C(=O)Cc1cccc(Br)c1. The molecule has 0 spiro atoms. The van der Waals surface area contributed by atoms with Crippen molar-refractivity contribution in [3.8, 4) is 0 Å². The Morgan fingerprint density at radius 2 is 2.25 bits per heavy atom. The minimum atomic E-state index is -0.686. The van der Waals surface area contributed by atoms with Gasteiger partial charge in [0, 0.05) is 17.4 Å². The molecule has 1 aliphatic rings. The van der Waals surface area contributed by atoms with Gasteiger partial charge in [0.05, 0.1) is 19.6 Å². The lowest BCUT2D eigenvalue weighted by atomic mass is 10.1. The summed E-state index contributed by atoms with van der Waals surface area (Å²) >= 11 is 3.35. The Hall–Kier alpha value is -1.40. The average molecular weight is 342 g/mol. The molecule has 1 N–H and O–H groups in total. The number of methoxy groups -OCH3 is 1. The molecule has 0 bridgehead atoms. The van der Waals surface area contributed by atoms with E-state index in [1.54, 1.807) is 0 Å². The molecule has 108 valence electrons. The van der Waals surface area contributed by atoms with Gasteiger partial charge in [0.1, 0.15) is 6.04 Å². The number of aliphatic hydroxyl groups excluding tert-OH is 1. The highest BCUT2D eigenvalue weighted by molar-refractivity contribution is 9.10. The number of ether oxygens (including phenoxy) is 1. The zero-order chi connectivity index (χ0) is 14.7. The molecule has 1 aromatic carbocycles. The Morgan fingerprint density at radius 1 is 1.50 bits per heavy atom. The van der Waals surface area contributed by atoms with Crippen LogP contribution in [-0.2, 0) is 20.7 Å². The third kappa shape index (κ3) is 3.37. The summed E-state index contributed by atoms with van der Waals surface area (Å²) in [6, 6.07) is 6.75. The Morgan fingerprint density at radius 3 is 2.90 bits per heavy atom. The van der Waals surface area contributed by atoms with Gasteiger partial charge in [0.25, 0.3) is 0 Å². The normalized spacial score (nSPS) is 21.9. The van der Waals surface area contributed by atoms with E-state index < -0.39 is 18.1 Å². The number of likely N-dealkylation sites (tertiary alicyclic amines) is 1. The van der Waals surface area contributed by atoms with Crippen LogP contribution in [0.25, 0.3) is 0 Å². The molecule has 0 aliphatic carbocycles. The molecule has 2 rings (SSSR count). The highest BCUT2D eigenvalue weighted by atomic mass is 79.9. The second kappa shape index (κ2) is 6.37. The van der Waals surface area contributed by atoms with Gasteiger partial charge in [-0.3, -0.25) is 4.79 Å². The second-order valence-electron chi connectivity index (χ2n) is 4.78. The largest absolute Gasteiger partial charge is 0.467 e. The maximum absolute atomic E-state index is 12.3. The Labute approximate surface area is 125 Å². The number of aliphatic hydroxyl groups is 1. The van der Waals surface area contributed by atoms with Crippen LogP contribution in [0.1, 0.15) is 12.0 Å². The molecule has 0 saturated carbocycles. The smallest absolute Gasteiger partial charge is 0.328 e. The monoisotopic (exact) mass is 341 g/mol. The van der Waals surface area contributed by atoms with Crippen LogP contribution in [0, 0.1) is 0 Å². The predicted octanol–water partition coefficient (Wildman–Crippen LogP) is 1.13. The molecular weight excluding hydrogens is 326 g/mol. The highest BCUT2D eigenvalue weighted by Gasteiger charge is 2.39. The molecule has 0 radical (unpaired) electrons. The van der Waals surface area contributed by atoms with Crippen LogP contribution in [0.3, 0.4) is 0 Å². The molecule has 5 nitrogen and oxygen atoms in total. The molecular formula is C14H16BrNO4. The number of β-amino-alcohol motifs (C(OH)–C–C–N with tert-alkyl or cyclic N) is 1. The van der Waals surface area contributed by atoms with Gasteiger partial charge in [-0.2, -0.15) is 0 Å². The zero-order valence-corrected chi connectivity index (χ0v) is 12.7. The number of hydrogen-bond donors (Lipinski definition) is 1. The van der Waals surface area contributed by atoms with E-state index in [9.17, 15) is 14.7 Å². The fourth-order valence-corrected chi connectivity index (χ4v) is 2.82. The topological polar surface area (TPSA) is 66.8 Å². The van der Waals surface area contributed by atoms with E-state index in [4.69, 9.17) is 0 Å². The zero-order valence-electron chi connectivity index (χ0n) is 11.1. The molecule has 1 amide bonds. The molecule has 0 aromatic heterocycles. The molecule has 6 heteroatoms. The number of amides is 1. The van der Waals surface area contributed by atoms with Gasteiger partial charge in [0.15, 0.2) is 0 Å². The molecule has 20 heavy (non-hydrogen) atoms. The number of benzene rings is 1. The van der Waals surface area contributed by atoms with Gasteiger partial charge < -0.3 is 14.7 Å². The van der Waals surface area contributed by atoms with Gasteiger partial charge in [-0.15, -0.1) is 0 Å². The number of hydrogen-bond acceptors (Lipinski definition) is 4. The fourth-order valence-electron chi connectivity index (χ4n) is 2.37. The number of carbonyl (C=O) groups is 2. The standard InChI is InChI=1S/C14H16BrNO4/c1-20-14(19)12-7-11(17)8-16(12)13(18)6-9-3-2-4-10(15)5-9/h2-5,11-12,17H,6-8H2,1H3. The number of halogens is 1. The molecule has 1 fully saturated rings. The van der Waals surface area contributed by atoms with Crippen molar-refractivity contribution in [3.63, 3.8) is 0 Å². The summed E-state index contributed by atoms with van der Waals surface area (Å²) in [6.45, 7) is 0.173. The minimum Gasteiger partial charge on any atom is -0.467 e. The van der Waals surface area contributed by atoms with Crippen LogP contribution in [0.4, 0.5) is 0 Å². The van der Waals surface area contributed by atoms with Crippen molar-refractivity contribution in [2.45, 2.75) is 25.0 Å². The van der Waals surface area contributed by atoms with Crippen LogP contribution < -0.4 is 0 Å². The van der Waals surface area contributed by atoms with Crippen molar-refractivity contribution >= 4 is 27.8 Å². The molecule has 2 unspecified atom stereocenters. The third-order valence-electron chi connectivity index (χ3n) is 3.32. The van der Waals surface area contributed by atoms with Crippen molar-refractivity contribution in [1.82, 2.24) is 4.90 Å². The van der Waals surface area contributed by atoms with E-state index in [0.29, 0.717) is 0 Å². The summed E-state index contributed by atoms with van der Waals surface area (Å²) < 4.78 is 5.58. The van der Waals surface area contributed by atoms with E-state index in [-0.39, 0.29) is 25.3 Å². The summed E-state index contributed by atoms with van der Waals surface area (Å²) in [7, 11) is 1.28. The number of nitrogens with zero attached hydrogens (tertiary/aromatic N) is 1. The van der Waals surface area contributed by atoms with Crippen LogP contribution in [0.5, 0.6) is 0 Å². The first-order valence-corrected chi connectivity index (χ1v) is 7.10. The summed E-state index contributed by atoms with van der Waals surface area (Å²) in [5.41, 5.74) is 0.856. The lowest BCUT2D eigenvalue weighted by Crippen LogP contribution is -2.42. The van der Waals surface area contributed by atoms with Crippen molar-refractivity contribution in [2.24, 2.45) is 0 Å².